The second-order valence-corrected chi connectivity index (χ2v) is 7.83. The van der Waals surface area contributed by atoms with Crippen LogP contribution in [-0.4, -0.2) is 58.7 Å². The van der Waals surface area contributed by atoms with Gasteiger partial charge in [-0.15, -0.1) is 0 Å². The first-order chi connectivity index (χ1) is 16.4. The maximum atomic E-state index is 12.6. The van der Waals surface area contributed by atoms with Crippen LogP contribution in [0.5, 0.6) is 17.2 Å². The molecule has 3 rings (SSSR count). The van der Waals surface area contributed by atoms with E-state index in [2.05, 4.69) is 15.5 Å². The fourth-order valence-electron chi connectivity index (χ4n) is 3.93. The first-order valence-electron chi connectivity index (χ1n) is 10.9. The molecule has 0 aliphatic carbocycles. The van der Waals surface area contributed by atoms with Crippen LogP contribution >= 0.6 is 0 Å². The molecule has 2 aromatic rings. The zero-order valence-corrected chi connectivity index (χ0v) is 19.6. The molecule has 4 N–H and O–H groups in total. The van der Waals surface area contributed by atoms with E-state index in [0.717, 1.165) is 5.69 Å². The summed E-state index contributed by atoms with van der Waals surface area (Å²) in [6.07, 6.45) is 1.34. The van der Waals surface area contributed by atoms with Gasteiger partial charge in [0, 0.05) is 24.6 Å². The molecule has 0 bridgehead atoms. The molecule has 182 valence electrons. The molecule has 1 heterocycles. The van der Waals surface area contributed by atoms with Crippen molar-refractivity contribution in [1.29, 1.82) is 0 Å². The zero-order chi connectivity index (χ0) is 24.7. The highest BCUT2D eigenvalue weighted by atomic mass is 16.5. The van der Waals surface area contributed by atoms with Crippen LogP contribution in [0, 0.1) is 5.92 Å². The van der Waals surface area contributed by atoms with Crippen LogP contribution in [0.25, 0.3) is 0 Å². The van der Waals surface area contributed by atoms with Gasteiger partial charge in [0.15, 0.2) is 11.5 Å². The minimum Gasteiger partial charge on any atom is -0.493 e. The van der Waals surface area contributed by atoms with E-state index in [1.807, 2.05) is 18.2 Å². The van der Waals surface area contributed by atoms with Crippen molar-refractivity contribution in [2.45, 2.75) is 12.8 Å². The molecule has 0 unspecified atom stereocenters. The van der Waals surface area contributed by atoms with Crippen LogP contribution in [0.4, 0.5) is 11.4 Å². The van der Waals surface area contributed by atoms with Gasteiger partial charge in [-0.05, 0) is 37.1 Å². The molecule has 1 aliphatic rings. The number of rotatable bonds is 9. The largest absolute Gasteiger partial charge is 0.493 e. The topological polar surface area (TPSA) is 132 Å². The van der Waals surface area contributed by atoms with Gasteiger partial charge in [-0.1, -0.05) is 12.1 Å². The van der Waals surface area contributed by atoms with Gasteiger partial charge in [0.1, 0.15) is 0 Å². The average Bonchev–Trinajstić information content (AvgIpc) is 2.86. The van der Waals surface area contributed by atoms with E-state index in [9.17, 15) is 14.4 Å². The first-order valence-corrected chi connectivity index (χ1v) is 10.9. The van der Waals surface area contributed by atoms with Crippen molar-refractivity contribution in [3.05, 3.63) is 42.0 Å². The highest BCUT2D eigenvalue weighted by Gasteiger charge is 2.24. The number of nitrogens with one attached hydrogen (secondary N) is 2. The number of ether oxygens (including phenoxy) is 3. The van der Waals surface area contributed by atoms with Crippen molar-refractivity contribution in [2.75, 3.05) is 51.2 Å². The Morgan fingerprint density at radius 2 is 1.62 bits per heavy atom. The van der Waals surface area contributed by atoms with E-state index in [4.69, 9.17) is 19.9 Å². The highest BCUT2D eigenvalue weighted by molar-refractivity contribution is 6.01. The summed E-state index contributed by atoms with van der Waals surface area (Å²) < 4.78 is 15.8. The second kappa shape index (κ2) is 11.3. The molecule has 3 amide bonds. The summed E-state index contributed by atoms with van der Waals surface area (Å²) in [6, 6.07) is 10.4. The van der Waals surface area contributed by atoms with Crippen LogP contribution < -0.4 is 35.5 Å². The van der Waals surface area contributed by atoms with E-state index in [0.29, 0.717) is 48.9 Å². The number of carbonyl (C=O) groups is 3. The Balaban J connectivity index is 1.63. The molecule has 0 spiro atoms. The quantitative estimate of drug-likeness (QED) is 0.509. The fourth-order valence-corrected chi connectivity index (χ4v) is 3.93. The summed E-state index contributed by atoms with van der Waals surface area (Å²) in [7, 11) is 4.39. The number of para-hydroxylation sites is 2. The summed E-state index contributed by atoms with van der Waals surface area (Å²) >= 11 is 0. The maximum Gasteiger partial charge on any atom is 0.251 e. The molecule has 10 heteroatoms. The Labute approximate surface area is 198 Å². The van der Waals surface area contributed by atoms with Crippen LogP contribution in [0.3, 0.4) is 0 Å². The Bertz CT molecular complexity index is 1020. The summed E-state index contributed by atoms with van der Waals surface area (Å²) in [5.41, 5.74) is 7.18. The van der Waals surface area contributed by atoms with E-state index < -0.39 is 5.91 Å². The van der Waals surface area contributed by atoms with Crippen LogP contribution in [0.2, 0.25) is 0 Å². The van der Waals surface area contributed by atoms with Gasteiger partial charge in [-0.25, -0.2) is 0 Å². The number of hydrogen-bond acceptors (Lipinski definition) is 7. The number of benzene rings is 2. The Morgan fingerprint density at radius 3 is 2.18 bits per heavy atom. The van der Waals surface area contributed by atoms with Crippen molar-refractivity contribution in [3.8, 4) is 17.2 Å². The number of methoxy groups -OCH3 is 3. The SMILES string of the molecule is COc1cc(C(=O)NCC(=O)Nc2ccccc2N2CCC(C(N)=O)CC2)cc(OC)c1OC. The molecular weight excluding hydrogens is 440 g/mol. The van der Waals surface area contributed by atoms with Crippen LogP contribution in [0.1, 0.15) is 23.2 Å². The van der Waals surface area contributed by atoms with E-state index in [1.54, 1.807) is 6.07 Å². The molecule has 1 fully saturated rings. The number of carbonyl (C=O) groups excluding carboxylic acids is 3. The number of amides is 3. The lowest BCUT2D eigenvalue weighted by atomic mass is 9.96. The number of nitrogens with two attached hydrogens (primary N) is 1. The van der Waals surface area contributed by atoms with Gasteiger partial charge in [-0.2, -0.15) is 0 Å². The molecule has 1 saturated heterocycles. The lowest BCUT2D eigenvalue weighted by molar-refractivity contribution is -0.122. The number of nitrogens with zero attached hydrogens (tertiary/aromatic N) is 1. The summed E-state index contributed by atoms with van der Waals surface area (Å²) in [5.74, 6) is -0.185. The molecule has 1 aliphatic heterocycles. The highest BCUT2D eigenvalue weighted by Crippen LogP contribution is 2.38. The number of primary amides is 1. The van der Waals surface area contributed by atoms with Gasteiger partial charge < -0.3 is 35.5 Å². The molecule has 0 aromatic heterocycles. The minimum atomic E-state index is -0.462. The third kappa shape index (κ3) is 5.69. The number of hydrogen-bond donors (Lipinski definition) is 3. The fraction of sp³-hybridized carbons (Fsp3) is 0.375. The molecule has 0 saturated carbocycles. The van der Waals surface area contributed by atoms with Gasteiger partial charge in [0.2, 0.25) is 17.6 Å². The van der Waals surface area contributed by atoms with E-state index in [1.165, 1.54) is 33.5 Å². The lowest BCUT2D eigenvalue weighted by Gasteiger charge is -2.33. The summed E-state index contributed by atoms with van der Waals surface area (Å²) in [6.45, 7) is 1.10. The monoisotopic (exact) mass is 470 g/mol. The van der Waals surface area contributed by atoms with Crippen molar-refractivity contribution < 1.29 is 28.6 Å². The lowest BCUT2D eigenvalue weighted by Crippen LogP contribution is -2.39. The van der Waals surface area contributed by atoms with Gasteiger partial charge in [0.25, 0.3) is 5.91 Å². The summed E-state index contributed by atoms with van der Waals surface area (Å²) in [5, 5.41) is 5.46. The minimum absolute atomic E-state index is 0.122. The zero-order valence-electron chi connectivity index (χ0n) is 19.6. The third-order valence-corrected chi connectivity index (χ3v) is 5.75. The Hall–Kier alpha value is -3.95. The Kier molecular flexibility index (Phi) is 8.18. The van der Waals surface area contributed by atoms with Gasteiger partial charge in [-0.3, -0.25) is 14.4 Å². The van der Waals surface area contributed by atoms with Crippen molar-refractivity contribution in [1.82, 2.24) is 5.32 Å². The molecule has 0 radical (unpaired) electrons. The molecular formula is C24H30N4O6. The molecule has 2 aromatic carbocycles. The number of piperidine rings is 1. The van der Waals surface area contributed by atoms with Crippen molar-refractivity contribution in [2.24, 2.45) is 11.7 Å². The Morgan fingerprint density at radius 1 is 1.00 bits per heavy atom. The van der Waals surface area contributed by atoms with E-state index >= 15 is 0 Å². The van der Waals surface area contributed by atoms with Crippen molar-refractivity contribution >= 4 is 29.1 Å². The molecule has 0 atom stereocenters. The van der Waals surface area contributed by atoms with Gasteiger partial charge in [0.05, 0.1) is 39.2 Å². The molecule has 10 nitrogen and oxygen atoms in total. The first kappa shape index (κ1) is 24.7. The normalized spacial score (nSPS) is 13.7. The average molecular weight is 471 g/mol. The van der Waals surface area contributed by atoms with Crippen LogP contribution in [0.15, 0.2) is 36.4 Å². The predicted molar refractivity (Wildman–Crippen MR) is 128 cm³/mol. The van der Waals surface area contributed by atoms with E-state index in [-0.39, 0.29) is 29.8 Å². The predicted octanol–water partition coefficient (Wildman–Crippen LogP) is 1.78. The van der Waals surface area contributed by atoms with Gasteiger partial charge >= 0.3 is 0 Å². The maximum absolute atomic E-state index is 12.6. The second-order valence-electron chi connectivity index (χ2n) is 7.83. The third-order valence-electron chi connectivity index (χ3n) is 5.75. The molecule has 34 heavy (non-hydrogen) atoms. The van der Waals surface area contributed by atoms with Crippen LogP contribution in [-0.2, 0) is 9.59 Å². The number of anilines is 2. The van der Waals surface area contributed by atoms with Crippen molar-refractivity contribution in [3.63, 3.8) is 0 Å². The standard InChI is InChI=1S/C24H30N4O6/c1-32-19-12-16(13-20(33-2)22(19)34-3)24(31)26-14-21(29)27-17-6-4-5-7-18(17)28-10-8-15(9-11-28)23(25)30/h4-7,12-13,15H,8-11,14H2,1-3H3,(H2,25,30)(H,26,31)(H,27,29). The smallest absolute Gasteiger partial charge is 0.251 e. The summed E-state index contributed by atoms with van der Waals surface area (Å²) in [4.78, 5) is 38.8.